The van der Waals surface area contributed by atoms with Gasteiger partial charge in [0, 0.05) is 17.2 Å². The summed E-state index contributed by atoms with van der Waals surface area (Å²) in [4.78, 5) is 0. The normalized spacial score (nSPS) is 16.3. The average Bonchev–Trinajstić information content (AvgIpc) is 2.65. The number of rotatable bonds is 2. The van der Waals surface area contributed by atoms with E-state index < -0.39 is 0 Å². The van der Waals surface area contributed by atoms with Crippen molar-refractivity contribution in [2.24, 2.45) is 0 Å². The molecule has 0 amide bonds. The van der Waals surface area contributed by atoms with Gasteiger partial charge in [-0.05, 0) is 18.4 Å². The van der Waals surface area contributed by atoms with E-state index in [0.717, 1.165) is 5.56 Å². The fourth-order valence-corrected chi connectivity index (χ4v) is 2.08. The molecule has 1 aromatic heterocycles. The van der Waals surface area contributed by atoms with Crippen molar-refractivity contribution in [2.45, 2.75) is 25.2 Å². The molecule has 1 N–H and O–H groups in total. The number of nitrogens with zero attached hydrogens (tertiary/aromatic N) is 1. The zero-order valence-electron chi connectivity index (χ0n) is 8.53. The molecule has 0 unspecified atom stereocenters. The van der Waals surface area contributed by atoms with E-state index in [1.54, 1.807) is 0 Å². The molecule has 0 bridgehead atoms. The molecule has 1 aliphatic rings. The first-order valence-electron chi connectivity index (χ1n) is 5.46. The Balaban J connectivity index is 2.01. The lowest BCUT2D eigenvalue weighted by atomic mass is 9.81. The number of H-pyrrole nitrogens is 1. The summed E-state index contributed by atoms with van der Waals surface area (Å²) in [5.74, 6) is 0.680. The lowest BCUT2D eigenvalue weighted by Gasteiger charge is -2.25. The van der Waals surface area contributed by atoms with Crippen LogP contribution in [0.5, 0.6) is 0 Å². The standard InChI is InChI=1S/C13H13N2/c1-2-5-10(6-3-1)12-9-14-15-13(12)11-7-4-8-11/h1-3,5-6,11H,4,7-8H2,(H,14,15). The van der Waals surface area contributed by atoms with Crippen molar-refractivity contribution in [3.8, 4) is 11.1 Å². The van der Waals surface area contributed by atoms with E-state index in [1.807, 2.05) is 6.07 Å². The van der Waals surface area contributed by atoms with Crippen LogP contribution in [0.15, 0.2) is 30.3 Å². The second-order valence-corrected chi connectivity index (χ2v) is 4.12. The quantitative estimate of drug-likeness (QED) is 0.787. The minimum atomic E-state index is 0.680. The van der Waals surface area contributed by atoms with Gasteiger partial charge in [-0.1, -0.05) is 36.8 Å². The highest BCUT2D eigenvalue weighted by molar-refractivity contribution is 5.65. The van der Waals surface area contributed by atoms with Gasteiger partial charge in [-0.3, -0.25) is 5.10 Å². The number of hydrogen-bond acceptors (Lipinski definition) is 1. The Morgan fingerprint density at radius 1 is 1.20 bits per heavy atom. The summed E-state index contributed by atoms with van der Waals surface area (Å²) in [6.07, 6.45) is 6.99. The summed E-state index contributed by atoms with van der Waals surface area (Å²) in [5, 5.41) is 7.15. The first kappa shape index (κ1) is 8.72. The van der Waals surface area contributed by atoms with Crippen LogP contribution in [0.3, 0.4) is 0 Å². The van der Waals surface area contributed by atoms with Gasteiger partial charge in [0.15, 0.2) is 0 Å². The van der Waals surface area contributed by atoms with Crippen LogP contribution in [0, 0.1) is 6.20 Å². The number of aromatic amines is 1. The molecule has 1 saturated carbocycles. The Kier molecular flexibility index (Phi) is 2.05. The van der Waals surface area contributed by atoms with E-state index in [-0.39, 0.29) is 0 Å². The fourth-order valence-electron chi connectivity index (χ4n) is 2.08. The molecule has 2 aromatic rings. The first-order valence-corrected chi connectivity index (χ1v) is 5.46. The predicted molar refractivity (Wildman–Crippen MR) is 59.5 cm³/mol. The van der Waals surface area contributed by atoms with Crippen molar-refractivity contribution in [3.63, 3.8) is 0 Å². The molecular formula is C13H13N2. The third kappa shape index (κ3) is 1.46. The van der Waals surface area contributed by atoms with Crippen LogP contribution in [0.1, 0.15) is 30.9 Å². The highest BCUT2D eigenvalue weighted by atomic mass is 15.1. The second-order valence-electron chi connectivity index (χ2n) is 4.12. The first-order chi connectivity index (χ1) is 7.45. The molecule has 2 heteroatoms. The smallest absolute Gasteiger partial charge is 0.121 e. The highest BCUT2D eigenvalue weighted by Gasteiger charge is 2.24. The molecule has 15 heavy (non-hydrogen) atoms. The SMILES string of the molecule is [c]1n[nH]c(C2CCC2)c1-c1ccccc1. The van der Waals surface area contributed by atoms with Gasteiger partial charge in [0.1, 0.15) is 6.20 Å². The van der Waals surface area contributed by atoms with Gasteiger partial charge >= 0.3 is 0 Å². The van der Waals surface area contributed by atoms with Crippen LogP contribution in [-0.2, 0) is 0 Å². The number of nitrogens with one attached hydrogen (secondary N) is 1. The van der Waals surface area contributed by atoms with E-state index in [1.165, 1.54) is 30.5 Å². The summed E-state index contributed by atoms with van der Waals surface area (Å²) in [6, 6.07) is 10.4. The van der Waals surface area contributed by atoms with E-state index in [0.29, 0.717) is 5.92 Å². The number of aromatic nitrogens is 2. The van der Waals surface area contributed by atoms with Gasteiger partial charge in [0.2, 0.25) is 0 Å². The van der Waals surface area contributed by atoms with Gasteiger partial charge in [-0.15, -0.1) is 0 Å². The monoisotopic (exact) mass is 197 g/mol. The molecule has 1 aromatic carbocycles. The molecule has 1 radical (unpaired) electrons. The maximum absolute atomic E-state index is 4.05. The lowest BCUT2D eigenvalue weighted by Crippen LogP contribution is -2.10. The molecule has 0 saturated heterocycles. The lowest BCUT2D eigenvalue weighted by molar-refractivity contribution is 0.411. The zero-order valence-corrected chi connectivity index (χ0v) is 8.53. The third-order valence-electron chi connectivity index (χ3n) is 3.19. The molecule has 1 fully saturated rings. The van der Waals surface area contributed by atoms with E-state index >= 15 is 0 Å². The van der Waals surface area contributed by atoms with Crippen LogP contribution in [0.25, 0.3) is 11.1 Å². The highest BCUT2D eigenvalue weighted by Crippen LogP contribution is 2.39. The van der Waals surface area contributed by atoms with Gasteiger partial charge in [0.05, 0.1) is 0 Å². The number of hydrogen-bond donors (Lipinski definition) is 1. The molecule has 3 rings (SSSR count). The minimum Gasteiger partial charge on any atom is -0.281 e. The minimum absolute atomic E-state index is 0.680. The molecule has 0 atom stereocenters. The fraction of sp³-hybridized carbons (Fsp3) is 0.308. The van der Waals surface area contributed by atoms with Gasteiger partial charge in [0.25, 0.3) is 0 Å². The molecule has 1 aliphatic carbocycles. The Morgan fingerprint density at radius 2 is 2.00 bits per heavy atom. The maximum Gasteiger partial charge on any atom is 0.121 e. The van der Waals surface area contributed by atoms with Crippen molar-refractivity contribution in [1.29, 1.82) is 0 Å². The average molecular weight is 197 g/mol. The van der Waals surface area contributed by atoms with Crippen molar-refractivity contribution < 1.29 is 0 Å². The van der Waals surface area contributed by atoms with Crippen LogP contribution >= 0.6 is 0 Å². The van der Waals surface area contributed by atoms with Crippen molar-refractivity contribution in [1.82, 2.24) is 10.2 Å². The topological polar surface area (TPSA) is 28.7 Å². The Morgan fingerprint density at radius 3 is 2.67 bits per heavy atom. The van der Waals surface area contributed by atoms with Gasteiger partial charge in [-0.2, -0.15) is 5.10 Å². The Hall–Kier alpha value is -1.57. The van der Waals surface area contributed by atoms with E-state index in [9.17, 15) is 0 Å². The zero-order chi connectivity index (χ0) is 10.1. The molecule has 75 valence electrons. The molecule has 1 heterocycles. The summed E-state index contributed by atoms with van der Waals surface area (Å²) in [7, 11) is 0. The molecule has 0 spiro atoms. The van der Waals surface area contributed by atoms with Gasteiger partial charge < -0.3 is 0 Å². The molecular weight excluding hydrogens is 184 g/mol. The summed E-state index contributed by atoms with van der Waals surface area (Å²) in [6.45, 7) is 0. The summed E-state index contributed by atoms with van der Waals surface area (Å²) in [5.41, 5.74) is 3.64. The molecule has 2 nitrogen and oxygen atoms in total. The number of benzene rings is 1. The van der Waals surface area contributed by atoms with Crippen LogP contribution in [-0.4, -0.2) is 10.2 Å². The largest absolute Gasteiger partial charge is 0.281 e. The van der Waals surface area contributed by atoms with Crippen LogP contribution < -0.4 is 0 Å². The van der Waals surface area contributed by atoms with Gasteiger partial charge in [-0.25, -0.2) is 0 Å². The van der Waals surface area contributed by atoms with E-state index in [4.69, 9.17) is 0 Å². The van der Waals surface area contributed by atoms with Crippen molar-refractivity contribution >= 4 is 0 Å². The Labute approximate surface area is 89.3 Å². The van der Waals surface area contributed by atoms with E-state index in [2.05, 4.69) is 40.7 Å². The van der Waals surface area contributed by atoms with Crippen molar-refractivity contribution in [2.75, 3.05) is 0 Å². The van der Waals surface area contributed by atoms with Crippen molar-refractivity contribution in [3.05, 3.63) is 42.2 Å². The Bertz CT molecular complexity index is 441. The summed E-state index contributed by atoms with van der Waals surface area (Å²) >= 11 is 0. The maximum atomic E-state index is 4.05. The second kappa shape index (κ2) is 3.54. The van der Waals surface area contributed by atoms with Crippen LogP contribution in [0.2, 0.25) is 0 Å². The molecule has 0 aliphatic heterocycles. The summed E-state index contributed by atoms with van der Waals surface area (Å²) < 4.78 is 0. The predicted octanol–water partition coefficient (Wildman–Crippen LogP) is 3.14. The van der Waals surface area contributed by atoms with Crippen LogP contribution in [0.4, 0.5) is 0 Å². The third-order valence-corrected chi connectivity index (χ3v) is 3.19.